The van der Waals surface area contributed by atoms with Gasteiger partial charge in [-0.2, -0.15) is 10.2 Å². The van der Waals surface area contributed by atoms with Crippen LogP contribution in [0.5, 0.6) is 0 Å². The fourth-order valence-electron chi connectivity index (χ4n) is 1.82. The van der Waals surface area contributed by atoms with Gasteiger partial charge in [-0.05, 0) is 19.1 Å². The van der Waals surface area contributed by atoms with Crippen molar-refractivity contribution < 1.29 is 4.39 Å². The number of alkyl halides is 1. The molecule has 1 N–H and O–H groups in total. The maximum Gasteiger partial charge on any atom is 0.109 e. The van der Waals surface area contributed by atoms with E-state index in [0.29, 0.717) is 13.1 Å². The van der Waals surface area contributed by atoms with Crippen LogP contribution in [0.25, 0.3) is 0 Å². The van der Waals surface area contributed by atoms with Crippen LogP contribution >= 0.6 is 12.4 Å². The molecule has 19 heavy (non-hydrogen) atoms. The first-order chi connectivity index (χ1) is 8.83. The van der Waals surface area contributed by atoms with Gasteiger partial charge >= 0.3 is 0 Å². The van der Waals surface area contributed by atoms with Gasteiger partial charge in [-0.1, -0.05) is 0 Å². The van der Waals surface area contributed by atoms with Crippen LogP contribution in [-0.2, 0) is 26.2 Å². The molecule has 0 spiro atoms. The molecule has 5 nitrogen and oxygen atoms in total. The van der Waals surface area contributed by atoms with E-state index < -0.39 is 0 Å². The van der Waals surface area contributed by atoms with Gasteiger partial charge in [-0.15, -0.1) is 12.4 Å². The highest BCUT2D eigenvalue weighted by molar-refractivity contribution is 5.85. The summed E-state index contributed by atoms with van der Waals surface area (Å²) in [5, 5.41) is 11.8. The molecule has 0 bridgehead atoms. The van der Waals surface area contributed by atoms with Crippen molar-refractivity contribution in [1.29, 1.82) is 0 Å². The predicted molar refractivity (Wildman–Crippen MR) is 73.9 cm³/mol. The van der Waals surface area contributed by atoms with E-state index in [4.69, 9.17) is 0 Å². The molecule has 2 aromatic rings. The van der Waals surface area contributed by atoms with Gasteiger partial charge in [0.1, 0.15) is 6.67 Å². The van der Waals surface area contributed by atoms with Crippen molar-refractivity contribution in [2.75, 3.05) is 6.67 Å². The van der Waals surface area contributed by atoms with E-state index >= 15 is 0 Å². The minimum Gasteiger partial charge on any atom is -0.305 e. The van der Waals surface area contributed by atoms with Gasteiger partial charge in [0.25, 0.3) is 0 Å². The topological polar surface area (TPSA) is 47.7 Å². The third-order valence-corrected chi connectivity index (χ3v) is 2.73. The molecule has 0 atom stereocenters. The summed E-state index contributed by atoms with van der Waals surface area (Å²) in [4.78, 5) is 0. The second-order valence-corrected chi connectivity index (χ2v) is 4.00. The van der Waals surface area contributed by atoms with Gasteiger partial charge in [0.05, 0.1) is 17.9 Å². The third-order valence-electron chi connectivity index (χ3n) is 2.73. The zero-order valence-electron chi connectivity index (χ0n) is 10.9. The van der Waals surface area contributed by atoms with Crippen molar-refractivity contribution in [3.63, 3.8) is 0 Å². The maximum atomic E-state index is 12.1. The summed E-state index contributed by atoms with van der Waals surface area (Å²) >= 11 is 0. The van der Waals surface area contributed by atoms with E-state index in [-0.39, 0.29) is 19.1 Å². The van der Waals surface area contributed by atoms with E-state index in [9.17, 15) is 4.39 Å². The zero-order chi connectivity index (χ0) is 12.8. The molecule has 2 aromatic heterocycles. The number of rotatable bonds is 7. The molecular formula is C12H19ClFN5. The van der Waals surface area contributed by atoms with Gasteiger partial charge in [0.15, 0.2) is 0 Å². The number of aromatic nitrogens is 4. The first-order valence-corrected chi connectivity index (χ1v) is 6.13. The molecule has 2 rings (SSSR count). The summed E-state index contributed by atoms with van der Waals surface area (Å²) in [5.74, 6) is 0. The second kappa shape index (κ2) is 7.91. The summed E-state index contributed by atoms with van der Waals surface area (Å²) in [6, 6.07) is 3.90. The summed E-state index contributed by atoms with van der Waals surface area (Å²) in [7, 11) is 0. The standard InChI is InChI=1S/C12H18FN5.ClH/c1-2-18-12(3-6-15-18)10-14-9-11-4-7-17(16-11)8-5-13;/h3-4,6-7,14H,2,5,8-10H2,1H3;1H. The third kappa shape index (κ3) is 4.33. The van der Waals surface area contributed by atoms with Gasteiger partial charge < -0.3 is 5.32 Å². The summed E-state index contributed by atoms with van der Waals surface area (Å²) in [5.41, 5.74) is 2.08. The highest BCUT2D eigenvalue weighted by atomic mass is 35.5. The number of halogens is 2. The molecule has 7 heteroatoms. The highest BCUT2D eigenvalue weighted by Crippen LogP contribution is 2.00. The molecule has 0 amide bonds. The number of hydrogen-bond donors (Lipinski definition) is 1. The Morgan fingerprint density at radius 1 is 1.32 bits per heavy atom. The van der Waals surface area contributed by atoms with Crippen molar-refractivity contribution in [3.8, 4) is 0 Å². The lowest BCUT2D eigenvalue weighted by Crippen LogP contribution is -2.16. The fraction of sp³-hybridized carbons (Fsp3) is 0.500. The van der Waals surface area contributed by atoms with Crippen LogP contribution in [0.3, 0.4) is 0 Å². The van der Waals surface area contributed by atoms with Crippen molar-refractivity contribution >= 4 is 12.4 Å². The molecule has 0 aliphatic rings. The number of nitrogens with zero attached hydrogens (tertiary/aromatic N) is 4. The molecule has 0 radical (unpaired) electrons. The highest BCUT2D eigenvalue weighted by Gasteiger charge is 2.02. The van der Waals surface area contributed by atoms with Crippen molar-refractivity contribution in [3.05, 3.63) is 35.9 Å². The van der Waals surface area contributed by atoms with Crippen LogP contribution in [0, 0.1) is 0 Å². The molecule has 0 aliphatic heterocycles. The monoisotopic (exact) mass is 287 g/mol. The molecule has 0 aliphatic carbocycles. The van der Waals surface area contributed by atoms with E-state index in [0.717, 1.165) is 24.5 Å². The van der Waals surface area contributed by atoms with Crippen LogP contribution < -0.4 is 5.32 Å². The lowest BCUT2D eigenvalue weighted by Gasteiger charge is -2.05. The lowest BCUT2D eigenvalue weighted by atomic mass is 10.4. The quantitative estimate of drug-likeness (QED) is 0.844. The Morgan fingerprint density at radius 3 is 2.89 bits per heavy atom. The average molecular weight is 288 g/mol. The molecular weight excluding hydrogens is 269 g/mol. The zero-order valence-corrected chi connectivity index (χ0v) is 11.7. The molecule has 0 unspecified atom stereocenters. The van der Waals surface area contributed by atoms with Crippen LogP contribution in [0.15, 0.2) is 24.5 Å². The Bertz CT molecular complexity index is 482. The first kappa shape index (κ1) is 15.7. The van der Waals surface area contributed by atoms with Crippen molar-refractivity contribution in [2.24, 2.45) is 0 Å². The average Bonchev–Trinajstić information content (AvgIpc) is 2.99. The van der Waals surface area contributed by atoms with E-state index in [1.165, 1.54) is 0 Å². The smallest absolute Gasteiger partial charge is 0.109 e. The van der Waals surface area contributed by atoms with Crippen LogP contribution in [0.1, 0.15) is 18.3 Å². The Labute approximate surface area is 118 Å². The van der Waals surface area contributed by atoms with Crippen LogP contribution in [-0.4, -0.2) is 26.2 Å². The van der Waals surface area contributed by atoms with Gasteiger partial charge in [0.2, 0.25) is 0 Å². The normalized spacial score (nSPS) is 10.4. The molecule has 106 valence electrons. The molecule has 2 heterocycles. The van der Waals surface area contributed by atoms with Crippen molar-refractivity contribution in [2.45, 2.75) is 33.1 Å². The van der Waals surface area contributed by atoms with E-state index in [1.807, 2.05) is 16.8 Å². The van der Waals surface area contributed by atoms with Crippen LogP contribution in [0.4, 0.5) is 4.39 Å². The summed E-state index contributed by atoms with van der Waals surface area (Å²) in [6.07, 6.45) is 3.60. The van der Waals surface area contributed by atoms with Gasteiger partial charge in [0, 0.05) is 32.0 Å². The number of aryl methyl sites for hydroxylation is 2. The second-order valence-electron chi connectivity index (χ2n) is 4.00. The largest absolute Gasteiger partial charge is 0.305 e. The Morgan fingerprint density at radius 2 is 2.16 bits per heavy atom. The predicted octanol–water partition coefficient (Wildman–Crippen LogP) is 1.78. The minimum absolute atomic E-state index is 0. The molecule has 0 fully saturated rings. The summed E-state index contributed by atoms with van der Waals surface area (Å²) in [6.45, 7) is 4.30. The Hall–Kier alpha value is -1.40. The van der Waals surface area contributed by atoms with Gasteiger partial charge in [-0.25, -0.2) is 4.39 Å². The Balaban J connectivity index is 0.00000180. The van der Waals surface area contributed by atoms with Crippen LogP contribution in [0.2, 0.25) is 0 Å². The molecule has 0 saturated carbocycles. The SMILES string of the molecule is CCn1nccc1CNCc1ccn(CCF)n1.Cl. The fourth-order valence-corrected chi connectivity index (χ4v) is 1.82. The number of nitrogens with one attached hydrogen (secondary N) is 1. The maximum absolute atomic E-state index is 12.1. The van der Waals surface area contributed by atoms with E-state index in [1.54, 1.807) is 17.1 Å². The minimum atomic E-state index is -0.385. The van der Waals surface area contributed by atoms with Gasteiger partial charge in [-0.3, -0.25) is 9.36 Å². The number of hydrogen-bond acceptors (Lipinski definition) is 3. The first-order valence-electron chi connectivity index (χ1n) is 6.13. The molecule has 0 aromatic carbocycles. The molecule has 0 saturated heterocycles. The lowest BCUT2D eigenvalue weighted by molar-refractivity contribution is 0.425. The summed E-state index contributed by atoms with van der Waals surface area (Å²) < 4.78 is 15.7. The Kier molecular flexibility index (Phi) is 6.52. The van der Waals surface area contributed by atoms with E-state index in [2.05, 4.69) is 22.4 Å². The van der Waals surface area contributed by atoms with Crippen molar-refractivity contribution in [1.82, 2.24) is 24.9 Å².